The van der Waals surface area contributed by atoms with Crippen molar-refractivity contribution >= 4 is 23.6 Å². The second kappa shape index (κ2) is 10.6. The van der Waals surface area contributed by atoms with Gasteiger partial charge in [0.2, 0.25) is 5.91 Å². The van der Waals surface area contributed by atoms with Crippen LogP contribution >= 0.6 is 11.8 Å². The van der Waals surface area contributed by atoms with Gasteiger partial charge in [0.15, 0.2) is 0 Å². The minimum atomic E-state index is -0.137. The molecule has 1 saturated heterocycles. The van der Waals surface area contributed by atoms with Gasteiger partial charge in [0.05, 0.1) is 12.3 Å². The first-order valence-corrected chi connectivity index (χ1v) is 12.1. The fourth-order valence-corrected chi connectivity index (χ4v) is 4.91. The zero-order valence-electron chi connectivity index (χ0n) is 18.9. The number of rotatable bonds is 8. The average molecular weight is 461 g/mol. The summed E-state index contributed by atoms with van der Waals surface area (Å²) >= 11 is 1.62. The Morgan fingerprint density at radius 1 is 1.03 bits per heavy atom. The molecule has 4 rings (SSSR count). The zero-order chi connectivity index (χ0) is 23.2. The number of benzene rings is 3. The molecule has 0 bridgehead atoms. The van der Waals surface area contributed by atoms with Crippen LogP contribution in [0.2, 0.25) is 0 Å². The molecule has 0 radical (unpaired) electrons. The van der Waals surface area contributed by atoms with Crippen LogP contribution in [0, 0.1) is 13.8 Å². The van der Waals surface area contributed by atoms with Crippen molar-refractivity contribution in [3.8, 4) is 5.75 Å². The number of nitrogens with one attached hydrogen (secondary N) is 1. The van der Waals surface area contributed by atoms with Crippen LogP contribution in [0.1, 0.15) is 38.0 Å². The first kappa shape index (κ1) is 22.9. The van der Waals surface area contributed by atoms with E-state index in [4.69, 9.17) is 4.74 Å². The molecule has 1 aliphatic heterocycles. The molecule has 170 valence electrons. The van der Waals surface area contributed by atoms with Crippen LogP contribution in [0.5, 0.6) is 5.75 Å². The van der Waals surface area contributed by atoms with E-state index < -0.39 is 0 Å². The highest BCUT2D eigenvalue weighted by molar-refractivity contribution is 8.00. The first-order chi connectivity index (χ1) is 16.0. The van der Waals surface area contributed by atoms with Crippen molar-refractivity contribution in [1.82, 2.24) is 10.2 Å². The molecule has 1 aliphatic rings. The summed E-state index contributed by atoms with van der Waals surface area (Å²) < 4.78 is 5.73. The Bertz CT molecular complexity index is 1120. The smallest absolute Gasteiger partial charge is 0.251 e. The second-order valence-electron chi connectivity index (χ2n) is 8.14. The molecule has 33 heavy (non-hydrogen) atoms. The SMILES string of the molecule is Cc1ccc(OCCNC(=O)c2ccc([C@@H]3SCC(=O)N3Cc3ccccc3)cc2)cc1C. The highest BCUT2D eigenvalue weighted by Crippen LogP contribution is 2.39. The summed E-state index contributed by atoms with van der Waals surface area (Å²) in [6.45, 7) is 5.52. The van der Waals surface area contributed by atoms with Gasteiger partial charge in [-0.3, -0.25) is 9.59 Å². The van der Waals surface area contributed by atoms with Crippen LogP contribution < -0.4 is 10.1 Å². The van der Waals surface area contributed by atoms with Gasteiger partial charge in [-0.2, -0.15) is 0 Å². The van der Waals surface area contributed by atoms with Crippen molar-refractivity contribution in [2.45, 2.75) is 25.8 Å². The van der Waals surface area contributed by atoms with Crippen molar-refractivity contribution in [3.05, 3.63) is 101 Å². The zero-order valence-corrected chi connectivity index (χ0v) is 19.7. The van der Waals surface area contributed by atoms with E-state index in [1.165, 1.54) is 11.1 Å². The molecule has 3 aromatic carbocycles. The highest BCUT2D eigenvalue weighted by atomic mass is 32.2. The molecule has 0 saturated carbocycles. The number of aryl methyl sites for hydroxylation is 2. The topological polar surface area (TPSA) is 58.6 Å². The quantitative estimate of drug-likeness (QED) is 0.487. The lowest BCUT2D eigenvalue weighted by atomic mass is 10.1. The predicted molar refractivity (Wildman–Crippen MR) is 132 cm³/mol. The standard InChI is InChI=1S/C27H28N2O3S/c1-19-8-13-24(16-20(19)2)32-15-14-28-26(31)22-9-11-23(12-10-22)27-29(25(30)18-33-27)17-21-6-4-3-5-7-21/h3-13,16,27H,14-15,17-18H2,1-2H3,(H,28,31)/t27-/m0/s1. The Morgan fingerprint density at radius 2 is 1.79 bits per heavy atom. The van der Waals surface area contributed by atoms with Crippen LogP contribution in [-0.2, 0) is 11.3 Å². The Balaban J connectivity index is 1.31. The largest absolute Gasteiger partial charge is 0.492 e. The third-order valence-electron chi connectivity index (χ3n) is 5.76. The van der Waals surface area contributed by atoms with Crippen LogP contribution in [0.3, 0.4) is 0 Å². The molecule has 1 heterocycles. The number of carbonyl (C=O) groups excluding carboxylic acids is 2. The van der Waals surface area contributed by atoms with Crippen LogP contribution in [-0.4, -0.2) is 35.6 Å². The van der Waals surface area contributed by atoms with Crippen molar-refractivity contribution in [3.63, 3.8) is 0 Å². The minimum Gasteiger partial charge on any atom is -0.492 e. The molecule has 1 fully saturated rings. The highest BCUT2D eigenvalue weighted by Gasteiger charge is 2.32. The van der Waals surface area contributed by atoms with E-state index in [1.807, 2.05) is 77.7 Å². The number of amides is 2. The molecular formula is C27H28N2O3S. The monoisotopic (exact) mass is 460 g/mol. The Hall–Kier alpha value is -3.25. The number of thioether (sulfide) groups is 1. The van der Waals surface area contributed by atoms with Gasteiger partial charge < -0.3 is 15.0 Å². The summed E-state index contributed by atoms with van der Waals surface area (Å²) in [7, 11) is 0. The average Bonchev–Trinajstić information content (AvgIpc) is 3.19. The maximum atomic E-state index is 12.5. The maximum absolute atomic E-state index is 12.5. The van der Waals surface area contributed by atoms with Gasteiger partial charge in [0, 0.05) is 12.1 Å². The van der Waals surface area contributed by atoms with Gasteiger partial charge in [0.1, 0.15) is 17.7 Å². The van der Waals surface area contributed by atoms with E-state index >= 15 is 0 Å². The van der Waals surface area contributed by atoms with E-state index in [2.05, 4.69) is 19.2 Å². The van der Waals surface area contributed by atoms with Gasteiger partial charge in [-0.1, -0.05) is 48.5 Å². The van der Waals surface area contributed by atoms with E-state index in [1.54, 1.807) is 11.8 Å². The van der Waals surface area contributed by atoms with Gasteiger partial charge in [-0.25, -0.2) is 0 Å². The molecule has 0 aliphatic carbocycles. The van der Waals surface area contributed by atoms with Crippen molar-refractivity contribution < 1.29 is 14.3 Å². The molecule has 3 aromatic rings. The van der Waals surface area contributed by atoms with Crippen LogP contribution in [0.25, 0.3) is 0 Å². The summed E-state index contributed by atoms with van der Waals surface area (Å²) in [5, 5.41) is 2.86. The van der Waals surface area contributed by atoms with Gasteiger partial charge in [0.25, 0.3) is 5.91 Å². The van der Waals surface area contributed by atoms with Gasteiger partial charge in [-0.15, -0.1) is 11.8 Å². The van der Waals surface area contributed by atoms with E-state index in [-0.39, 0.29) is 17.2 Å². The molecule has 0 aromatic heterocycles. The Labute approximate surface area is 199 Å². The number of nitrogens with zero attached hydrogens (tertiary/aromatic N) is 1. The van der Waals surface area contributed by atoms with Gasteiger partial charge >= 0.3 is 0 Å². The van der Waals surface area contributed by atoms with Crippen LogP contribution in [0.15, 0.2) is 72.8 Å². The fourth-order valence-electron chi connectivity index (χ4n) is 3.72. The summed E-state index contributed by atoms with van der Waals surface area (Å²) in [5.74, 6) is 1.28. The molecule has 1 atom stereocenters. The van der Waals surface area contributed by atoms with E-state index in [9.17, 15) is 9.59 Å². The first-order valence-electron chi connectivity index (χ1n) is 11.0. The molecule has 0 spiro atoms. The van der Waals surface area contributed by atoms with Crippen LogP contribution in [0.4, 0.5) is 0 Å². The van der Waals surface area contributed by atoms with E-state index in [0.29, 0.717) is 31.0 Å². The van der Waals surface area contributed by atoms with E-state index in [0.717, 1.165) is 16.9 Å². The normalized spacial score (nSPS) is 15.5. The third-order valence-corrected chi connectivity index (χ3v) is 7.01. The summed E-state index contributed by atoms with van der Waals surface area (Å²) in [6, 6.07) is 23.5. The molecule has 0 unspecified atom stereocenters. The number of ether oxygens (including phenoxy) is 1. The Morgan fingerprint density at radius 3 is 2.52 bits per heavy atom. The summed E-state index contributed by atoms with van der Waals surface area (Å²) in [4.78, 5) is 26.9. The fraction of sp³-hybridized carbons (Fsp3) is 0.259. The molecular weight excluding hydrogens is 432 g/mol. The molecule has 5 nitrogen and oxygen atoms in total. The third kappa shape index (κ3) is 5.76. The van der Waals surface area contributed by atoms with Gasteiger partial charge in [-0.05, 0) is 60.4 Å². The lowest BCUT2D eigenvalue weighted by molar-refractivity contribution is -0.128. The summed E-state index contributed by atoms with van der Waals surface area (Å²) in [6.07, 6.45) is 0. The molecule has 2 amide bonds. The second-order valence-corrected chi connectivity index (χ2v) is 9.21. The predicted octanol–water partition coefficient (Wildman–Crippen LogP) is 4.89. The minimum absolute atomic E-state index is 0.0406. The number of hydrogen-bond donors (Lipinski definition) is 1. The number of carbonyl (C=O) groups is 2. The van der Waals surface area contributed by atoms with Crippen molar-refractivity contribution in [2.24, 2.45) is 0 Å². The van der Waals surface area contributed by atoms with Crippen molar-refractivity contribution in [1.29, 1.82) is 0 Å². The summed E-state index contributed by atoms with van der Waals surface area (Å²) in [5.41, 5.74) is 5.13. The molecule has 6 heteroatoms. The van der Waals surface area contributed by atoms with Crippen molar-refractivity contribution in [2.75, 3.05) is 18.9 Å². The lowest BCUT2D eigenvalue weighted by Crippen LogP contribution is -2.28. The molecule has 1 N–H and O–H groups in total. The number of hydrogen-bond acceptors (Lipinski definition) is 4. The Kier molecular flexibility index (Phi) is 7.35. The maximum Gasteiger partial charge on any atom is 0.251 e. The lowest BCUT2D eigenvalue weighted by Gasteiger charge is -2.24.